The molecule has 0 atom stereocenters. The first-order chi connectivity index (χ1) is 6.27. The van der Waals surface area contributed by atoms with E-state index in [0.717, 1.165) is 0 Å². The maximum absolute atomic E-state index is 13.1. The predicted molar refractivity (Wildman–Crippen MR) is 45.7 cm³/mol. The van der Waals surface area contributed by atoms with E-state index in [1.54, 1.807) is 12.3 Å². The Morgan fingerprint density at radius 1 is 1.38 bits per heavy atom. The number of anilines is 1. The van der Waals surface area contributed by atoms with Gasteiger partial charge in [0, 0.05) is 18.5 Å². The van der Waals surface area contributed by atoms with E-state index < -0.39 is 5.82 Å². The summed E-state index contributed by atoms with van der Waals surface area (Å²) in [5.41, 5.74) is 5.38. The molecule has 0 bridgehead atoms. The molecule has 0 saturated heterocycles. The molecule has 2 rings (SSSR count). The summed E-state index contributed by atoms with van der Waals surface area (Å²) in [7, 11) is 0. The Hall–Kier alpha value is -1.91. The Balaban J connectivity index is 2.52. The second kappa shape index (κ2) is 2.85. The van der Waals surface area contributed by atoms with Crippen LogP contribution in [-0.4, -0.2) is 14.8 Å². The Labute approximate surface area is 73.8 Å². The normalized spacial score (nSPS) is 10.2. The molecule has 2 aromatic rings. The van der Waals surface area contributed by atoms with Crippen molar-refractivity contribution in [3.05, 3.63) is 36.4 Å². The molecule has 0 fully saturated rings. The lowest BCUT2D eigenvalue weighted by Crippen LogP contribution is -2.01. The minimum Gasteiger partial charge on any atom is -0.382 e. The standard InChI is InChI=1S/C8H7FN4/c9-6-2-1-4-11-8(6)13-5-3-7(10)12-13/h1-5H,(H2,10,12). The van der Waals surface area contributed by atoms with Crippen molar-refractivity contribution in [3.8, 4) is 5.82 Å². The minimum atomic E-state index is -0.425. The highest BCUT2D eigenvalue weighted by atomic mass is 19.1. The van der Waals surface area contributed by atoms with Crippen LogP contribution < -0.4 is 5.73 Å². The Morgan fingerprint density at radius 2 is 2.23 bits per heavy atom. The molecule has 66 valence electrons. The van der Waals surface area contributed by atoms with Crippen LogP contribution in [0.25, 0.3) is 5.82 Å². The second-order valence-corrected chi connectivity index (χ2v) is 2.49. The lowest BCUT2D eigenvalue weighted by Gasteiger charge is -1.99. The molecule has 0 saturated carbocycles. The van der Waals surface area contributed by atoms with Crippen LogP contribution in [0.5, 0.6) is 0 Å². The first-order valence-electron chi connectivity index (χ1n) is 3.69. The fourth-order valence-electron chi connectivity index (χ4n) is 1.00. The maximum atomic E-state index is 13.1. The summed E-state index contributed by atoms with van der Waals surface area (Å²) in [6, 6.07) is 4.42. The van der Waals surface area contributed by atoms with Gasteiger partial charge in [-0.25, -0.2) is 14.1 Å². The van der Waals surface area contributed by atoms with E-state index in [4.69, 9.17) is 5.73 Å². The van der Waals surface area contributed by atoms with Gasteiger partial charge in [0.25, 0.3) is 0 Å². The number of halogens is 1. The maximum Gasteiger partial charge on any atom is 0.189 e. The summed E-state index contributed by atoms with van der Waals surface area (Å²) in [5, 5.41) is 3.83. The van der Waals surface area contributed by atoms with Crippen molar-refractivity contribution in [1.29, 1.82) is 0 Å². The van der Waals surface area contributed by atoms with Gasteiger partial charge in [0.05, 0.1) is 0 Å². The van der Waals surface area contributed by atoms with Crippen molar-refractivity contribution in [2.45, 2.75) is 0 Å². The molecule has 0 unspecified atom stereocenters. The average molecular weight is 178 g/mol. The fraction of sp³-hybridized carbons (Fsp3) is 0. The zero-order valence-electron chi connectivity index (χ0n) is 6.68. The number of hydrogen-bond donors (Lipinski definition) is 1. The zero-order chi connectivity index (χ0) is 9.26. The van der Waals surface area contributed by atoms with Crippen LogP contribution in [0.15, 0.2) is 30.6 Å². The van der Waals surface area contributed by atoms with Crippen molar-refractivity contribution in [2.24, 2.45) is 0 Å². The van der Waals surface area contributed by atoms with E-state index in [0.29, 0.717) is 5.82 Å². The topological polar surface area (TPSA) is 56.7 Å². The van der Waals surface area contributed by atoms with Crippen LogP contribution in [-0.2, 0) is 0 Å². The molecule has 0 aromatic carbocycles. The first kappa shape index (κ1) is 7.72. The van der Waals surface area contributed by atoms with Gasteiger partial charge in [-0.05, 0) is 12.1 Å². The molecule has 4 nitrogen and oxygen atoms in total. The number of aromatic nitrogens is 3. The third kappa shape index (κ3) is 1.35. The Morgan fingerprint density at radius 3 is 2.85 bits per heavy atom. The van der Waals surface area contributed by atoms with Gasteiger partial charge < -0.3 is 5.73 Å². The summed E-state index contributed by atoms with van der Waals surface area (Å²) < 4.78 is 14.4. The van der Waals surface area contributed by atoms with Gasteiger partial charge in [0.15, 0.2) is 11.6 Å². The van der Waals surface area contributed by atoms with Crippen LogP contribution in [0.1, 0.15) is 0 Å². The molecule has 13 heavy (non-hydrogen) atoms. The van der Waals surface area contributed by atoms with Crippen molar-refractivity contribution < 1.29 is 4.39 Å². The van der Waals surface area contributed by atoms with E-state index in [2.05, 4.69) is 10.1 Å². The highest BCUT2D eigenvalue weighted by Crippen LogP contribution is 2.08. The van der Waals surface area contributed by atoms with E-state index in [1.807, 2.05) is 0 Å². The SMILES string of the molecule is Nc1ccn(-c2ncccc2F)n1. The molecule has 0 aliphatic heterocycles. The summed E-state index contributed by atoms with van der Waals surface area (Å²) in [6.45, 7) is 0. The largest absolute Gasteiger partial charge is 0.382 e. The Bertz CT molecular complexity index is 424. The van der Waals surface area contributed by atoms with Gasteiger partial charge in [-0.15, -0.1) is 5.10 Å². The zero-order valence-corrected chi connectivity index (χ0v) is 6.68. The van der Waals surface area contributed by atoms with Gasteiger partial charge in [0.1, 0.15) is 5.82 Å². The van der Waals surface area contributed by atoms with Crippen LogP contribution >= 0.6 is 0 Å². The molecular weight excluding hydrogens is 171 g/mol. The van der Waals surface area contributed by atoms with Crippen molar-refractivity contribution in [3.63, 3.8) is 0 Å². The number of pyridine rings is 1. The summed E-state index contributed by atoms with van der Waals surface area (Å²) in [4.78, 5) is 3.83. The van der Waals surface area contributed by atoms with Crippen LogP contribution in [0, 0.1) is 5.82 Å². The van der Waals surface area contributed by atoms with Gasteiger partial charge in [0.2, 0.25) is 0 Å². The second-order valence-electron chi connectivity index (χ2n) is 2.49. The molecule has 0 amide bonds. The van der Waals surface area contributed by atoms with E-state index >= 15 is 0 Å². The number of nitrogens with zero attached hydrogens (tertiary/aromatic N) is 3. The van der Waals surface area contributed by atoms with Crippen molar-refractivity contribution >= 4 is 5.82 Å². The molecule has 0 spiro atoms. The predicted octanol–water partition coefficient (Wildman–Crippen LogP) is 0.989. The third-order valence-electron chi connectivity index (χ3n) is 1.57. The summed E-state index contributed by atoms with van der Waals surface area (Å²) >= 11 is 0. The van der Waals surface area contributed by atoms with E-state index in [1.165, 1.54) is 23.0 Å². The molecule has 2 aromatic heterocycles. The first-order valence-corrected chi connectivity index (χ1v) is 3.69. The molecule has 0 radical (unpaired) electrons. The van der Waals surface area contributed by atoms with Crippen LogP contribution in [0.3, 0.4) is 0 Å². The number of rotatable bonds is 1. The van der Waals surface area contributed by atoms with Crippen LogP contribution in [0.2, 0.25) is 0 Å². The Kier molecular flexibility index (Phi) is 1.70. The monoisotopic (exact) mass is 178 g/mol. The number of hydrogen-bond acceptors (Lipinski definition) is 3. The summed E-state index contributed by atoms with van der Waals surface area (Å²) in [6.07, 6.45) is 3.05. The third-order valence-corrected chi connectivity index (χ3v) is 1.57. The molecule has 5 heteroatoms. The number of nitrogens with two attached hydrogens (primary N) is 1. The van der Waals surface area contributed by atoms with Gasteiger partial charge in [-0.1, -0.05) is 0 Å². The van der Waals surface area contributed by atoms with Gasteiger partial charge >= 0.3 is 0 Å². The van der Waals surface area contributed by atoms with Gasteiger partial charge in [-0.2, -0.15) is 0 Å². The molecule has 0 aliphatic carbocycles. The quantitative estimate of drug-likeness (QED) is 0.708. The van der Waals surface area contributed by atoms with E-state index in [9.17, 15) is 4.39 Å². The lowest BCUT2D eigenvalue weighted by molar-refractivity contribution is 0.601. The highest BCUT2D eigenvalue weighted by molar-refractivity contribution is 5.30. The van der Waals surface area contributed by atoms with E-state index in [-0.39, 0.29) is 5.82 Å². The minimum absolute atomic E-state index is 0.152. The molecule has 0 aliphatic rings. The fourth-order valence-corrected chi connectivity index (χ4v) is 1.00. The lowest BCUT2D eigenvalue weighted by atomic mass is 10.4. The van der Waals surface area contributed by atoms with Gasteiger partial charge in [-0.3, -0.25) is 0 Å². The molecular formula is C8H7FN4. The van der Waals surface area contributed by atoms with Crippen molar-refractivity contribution in [1.82, 2.24) is 14.8 Å². The molecule has 2 heterocycles. The average Bonchev–Trinajstić information content (AvgIpc) is 2.53. The number of nitrogen functional groups attached to an aromatic ring is 1. The highest BCUT2D eigenvalue weighted by Gasteiger charge is 2.04. The molecule has 2 N–H and O–H groups in total. The van der Waals surface area contributed by atoms with Crippen molar-refractivity contribution in [2.75, 3.05) is 5.73 Å². The smallest absolute Gasteiger partial charge is 0.189 e. The van der Waals surface area contributed by atoms with Crippen LogP contribution in [0.4, 0.5) is 10.2 Å². The summed E-state index contributed by atoms with van der Waals surface area (Å²) in [5.74, 6) is 0.0647.